The van der Waals surface area contributed by atoms with Crippen LogP contribution in [0.1, 0.15) is 5.56 Å². The van der Waals surface area contributed by atoms with E-state index in [-0.39, 0.29) is 5.75 Å². The number of phenolic OH excluding ortho intramolecular Hbond substituents is 1. The number of hydrogen-bond acceptors (Lipinski definition) is 5. The molecule has 0 aliphatic rings. The van der Waals surface area contributed by atoms with Gasteiger partial charge in [0.2, 0.25) is 5.88 Å². The number of phenols is 1. The summed E-state index contributed by atoms with van der Waals surface area (Å²) in [5, 5.41) is 12.7. The molecule has 0 fully saturated rings. The molecular formula is C14H16N2O3. The highest BCUT2D eigenvalue weighted by Gasteiger charge is 2.02. The maximum Gasteiger partial charge on any atom is 0.213 e. The van der Waals surface area contributed by atoms with Crippen molar-refractivity contribution in [1.29, 1.82) is 0 Å². The first-order chi connectivity index (χ1) is 9.22. The standard InChI is InChI=1S/C14H16N2O3/c1-18-13-7-10(3-5-12(13)17)8-15-11-4-6-14(19-2)16-9-11/h3-7,9,15,17H,8H2,1-2H3. The zero-order chi connectivity index (χ0) is 13.7. The Kier molecular flexibility index (Phi) is 4.07. The maximum atomic E-state index is 9.51. The van der Waals surface area contributed by atoms with E-state index in [2.05, 4.69) is 10.3 Å². The summed E-state index contributed by atoms with van der Waals surface area (Å²) in [4.78, 5) is 4.11. The Labute approximate surface area is 111 Å². The van der Waals surface area contributed by atoms with E-state index in [1.165, 1.54) is 7.11 Å². The average Bonchev–Trinajstić information content (AvgIpc) is 2.47. The highest BCUT2D eigenvalue weighted by atomic mass is 16.5. The summed E-state index contributed by atoms with van der Waals surface area (Å²) in [6.45, 7) is 0.616. The number of nitrogens with one attached hydrogen (secondary N) is 1. The zero-order valence-electron chi connectivity index (χ0n) is 10.9. The molecule has 0 atom stereocenters. The van der Waals surface area contributed by atoms with Crippen LogP contribution in [0.4, 0.5) is 5.69 Å². The van der Waals surface area contributed by atoms with Crippen LogP contribution in [-0.4, -0.2) is 24.3 Å². The molecule has 19 heavy (non-hydrogen) atoms. The van der Waals surface area contributed by atoms with E-state index in [1.54, 1.807) is 31.5 Å². The highest BCUT2D eigenvalue weighted by molar-refractivity contribution is 5.45. The van der Waals surface area contributed by atoms with Crippen molar-refractivity contribution in [2.75, 3.05) is 19.5 Å². The first kappa shape index (κ1) is 13.0. The number of nitrogens with zero attached hydrogens (tertiary/aromatic N) is 1. The van der Waals surface area contributed by atoms with Crippen molar-refractivity contribution < 1.29 is 14.6 Å². The van der Waals surface area contributed by atoms with Crippen LogP contribution in [0.2, 0.25) is 0 Å². The average molecular weight is 260 g/mol. The van der Waals surface area contributed by atoms with E-state index in [1.807, 2.05) is 12.1 Å². The van der Waals surface area contributed by atoms with Gasteiger partial charge in [0.1, 0.15) is 0 Å². The number of aromatic hydroxyl groups is 1. The molecule has 0 bridgehead atoms. The summed E-state index contributed by atoms with van der Waals surface area (Å²) >= 11 is 0. The predicted molar refractivity (Wildman–Crippen MR) is 72.8 cm³/mol. The Bertz CT molecular complexity index is 541. The quantitative estimate of drug-likeness (QED) is 0.864. The number of ether oxygens (including phenoxy) is 2. The van der Waals surface area contributed by atoms with Gasteiger partial charge in [0, 0.05) is 12.6 Å². The number of hydrogen-bond donors (Lipinski definition) is 2. The molecule has 100 valence electrons. The molecule has 5 nitrogen and oxygen atoms in total. The molecule has 2 N–H and O–H groups in total. The van der Waals surface area contributed by atoms with E-state index in [9.17, 15) is 5.11 Å². The lowest BCUT2D eigenvalue weighted by Crippen LogP contribution is -2.00. The third-order valence-corrected chi connectivity index (χ3v) is 2.69. The van der Waals surface area contributed by atoms with Gasteiger partial charge in [-0.1, -0.05) is 6.07 Å². The third-order valence-electron chi connectivity index (χ3n) is 2.69. The normalized spacial score (nSPS) is 10.0. The van der Waals surface area contributed by atoms with Crippen LogP contribution >= 0.6 is 0 Å². The van der Waals surface area contributed by atoms with Gasteiger partial charge in [0.15, 0.2) is 11.5 Å². The first-order valence-electron chi connectivity index (χ1n) is 5.82. The minimum Gasteiger partial charge on any atom is -0.504 e. The zero-order valence-corrected chi connectivity index (χ0v) is 10.9. The molecule has 2 aromatic rings. The smallest absolute Gasteiger partial charge is 0.213 e. The molecule has 5 heteroatoms. The molecule has 0 radical (unpaired) electrons. The lowest BCUT2D eigenvalue weighted by atomic mass is 10.2. The molecule has 1 aromatic heterocycles. The molecule has 0 aliphatic carbocycles. The Morgan fingerprint density at radius 2 is 2.00 bits per heavy atom. The summed E-state index contributed by atoms with van der Waals surface area (Å²) in [7, 11) is 3.11. The van der Waals surface area contributed by atoms with Gasteiger partial charge in [0.25, 0.3) is 0 Å². The van der Waals surface area contributed by atoms with Gasteiger partial charge in [-0.15, -0.1) is 0 Å². The van der Waals surface area contributed by atoms with Crippen molar-refractivity contribution in [2.24, 2.45) is 0 Å². The fourth-order valence-corrected chi connectivity index (χ4v) is 1.64. The molecule has 0 aliphatic heterocycles. The van der Waals surface area contributed by atoms with Crippen LogP contribution in [-0.2, 0) is 6.54 Å². The van der Waals surface area contributed by atoms with Crippen molar-refractivity contribution in [2.45, 2.75) is 6.54 Å². The maximum absolute atomic E-state index is 9.51. The van der Waals surface area contributed by atoms with Crippen molar-refractivity contribution in [3.05, 3.63) is 42.1 Å². The predicted octanol–water partition coefficient (Wildman–Crippen LogP) is 2.42. The Hall–Kier alpha value is -2.43. The van der Waals surface area contributed by atoms with Crippen molar-refractivity contribution in [3.63, 3.8) is 0 Å². The fraction of sp³-hybridized carbons (Fsp3) is 0.214. The first-order valence-corrected chi connectivity index (χ1v) is 5.82. The summed E-state index contributed by atoms with van der Waals surface area (Å²) in [5.74, 6) is 1.18. The van der Waals surface area contributed by atoms with Gasteiger partial charge in [-0.25, -0.2) is 4.98 Å². The second-order valence-corrected chi connectivity index (χ2v) is 3.95. The molecular weight excluding hydrogens is 244 g/mol. The fourth-order valence-electron chi connectivity index (χ4n) is 1.64. The third kappa shape index (κ3) is 3.28. The molecule has 0 amide bonds. The molecule has 2 rings (SSSR count). The molecule has 0 saturated carbocycles. The topological polar surface area (TPSA) is 63.6 Å². The van der Waals surface area contributed by atoms with Crippen LogP contribution in [0.5, 0.6) is 17.4 Å². The molecule has 1 aromatic carbocycles. The Morgan fingerprint density at radius 1 is 1.16 bits per heavy atom. The van der Waals surface area contributed by atoms with E-state index >= 15 is 0 Å². The summed E-state index contributed by atoms with van der Waals surface area (Å²) in [6.07, 6.45) is 1.70. The summed E-state index contributed by atoms with van der Waals surface area (Å²) < 4.78 is 10.1. The van der Waals surface area contributed by atoms with Crippen molar-refractivity contribution in [3.8, 4) is 17.4 Å². The molecule has 1 heterocycles. The van der Waals surface area contributed by atoms with E-state index < -0.39 is 0 Å². The van der Waals surface area contributed by atoms with Gasteiger partial charge < -0.3 is 19.9 Å². The SMILES string of the molecule is COc1ccc(NCc2ccc(O)c(OC)c2)cn1. The Balaban J connectivity index is 2.01. The van der Waals surface area contributed by atoms with Crippen LogP contribution in [0, 0.1) is 0 Å². The van der Waals surface area contributed by atoms with Gasteiger partial charge in [-0.05, 0) is 23.8 Å². The van der Waals surface area contributed by atoms with E-state index in [0.29, 0.717) is 18.2 Å². The number of anilines is 1. The van der Waals surface area contributed by atoms with E-state index in [4.69, 9.17) is 9.47 Å². The minimum atomic E-state index is 0.136. The van der Waals surface area contributed by atoms with Crippen LogP contribution in [0.25, 0.3) is 0 Å². The van der Waals surface area contributed by atoms with Crippen LogP contribution in [0.3, 0.4) is 0 Å². The van der Waals surface area contributed by atoms with Crippen LogP contribution in [0.15, 0.2) is 36.5 Å². The van der Waals surface area contributed by atoms with Gasteiger partial charge in [-0.3, -0.25) is 0 Å². The largest absolute Gasteiger partial charge is 0.504 e. The second-order valence-electron chi connectivity index (χ2n) is 3.95. The van der Waals surface area contributed by atoms with Crippen molar-refractivity contribution in [1.82, 2.24) is 4.98 Å². The highest BCUT2D eigenvalue weighted by Crippen LogP contribution is 2.26. The van der Waals surface area contributed by atoms with Gasteiger partial charge in [-0.2, -0.15) is 0 Å². The Morgan fingerprint density at radius 3 is 2.63 bits per heavy atom. The second kappa shape index (κ2) is 5.95. The van der Waals surface area contributed by atoms with Crippen molar-refractivity contribution >= 4 is 5.69 Å². The lowest BCUT2D eigenvalue weighted by Gasteiger charge is -2.09. The van der Waals surface area contributed by atoms with Crippen LogP contribution < -0.4 is 14.8 Å². The molecule has 0 saturated heterocycles. The van der Waals surface area contributed by atoms with E-state index in [0.717, 1.165) is 11.3 Å². The number of pyridine rings is 1. The lowest BCUT2D eigenvalue weighted by molar-refractivity contribution is 0.373. The van der Waals surface area contributed by atoms with Gasteiger partial charge in [0.05, 0.1) is 26.1 Å². The number of benzene rings is 1. The number of aromatic nitrogens is 1. The molecule has 0 unspecified atom stereocenters. The number of rotatable bonds is 5. The van der Waals surface area contributed by atoms with Gasteiger partial charge >= 0.3 is 0 Å². The molecule has 0 spiro atoms. The number of methoxy groups -OCH3 is 2. The summed E-state index contributed by atoms with van der Waals surface area (Å²) in [6, 6.07) is 8.92. The monoisotopic (exact) mass is 260 g/mol. The minimum absolute atomic E-state index is 0.136. The summed E-state index contributed by atoms with van der Waals surface area (Å²) in [5.41, 5.74) is 1.90.